The number of rotatable bonds is 5. The van der Waals surface area contributed by atoms with Gasteiger partial charge in [0.2, 0.25) is 0 Å². The van der Waals surface area contributed by atoms with Crippen LogP contribution in [0.1, 0.15) is 13.3 Å². The third kappa shape index (κ3) is 3.83. The van der Waals surface area contributed by atoms with Crippen molar-refractivity contribution in [1.29, 1.82) is 0 Å². The lowest BCUT2D eigenvalue weighted by molar-refractivity contribution is 0.965. The van der Waals surface area contributed by atoms with Crippen LogP contribution in [0.25, 0.3) is 0 Å². The lowest BCUT2D eigenvalue weighted by Gasteiger charge is -2.08. The van der Waals surface area contributed by atoms with Gasteiger partial charge >= 0.3 is 0 Å². The highest BCUT2D eigenvalue weighted by molar-refractivity contribution is 14.1. The predicted octanol–water partition coefficient (Wildman–Crippen LogP) is 3.65. The molecule has 2 aromatic rings. The van der Waals surface area contributed by atoms with Crippen LogP contribution in [-0.4, -0.2) is 16.5 Å². The van der Waals surface area contributed by atoms with Gasteiger partial charge in [-0.25, -0.2) is 9.97 Å². The number of nitrogens with zero attached hydrogens (tertiary/aromatic N) is 2. The SMILES string of the molecule is CCCNc1cc(Nc2cccc(I)c2)ncn1. The van der Waals surface area contributed by atoms with Crippen LogP contribution in [-0.2, 0) is 0 Å². The quantitative estimate of drug-likeness (QED) is 0.805. The van der Waals surface area contributed by atoms with Crippen molar-refractivity contribution >= 4 is 39.9 Å². The lowest BCUT2D eigenvalue weighted by atomic mass is 10.3. The van der Waals surface area contributed by atoms with Crippen LogP contribution in [0, 0.1) is 3.57 Å². The highest BCUT2D eigenvalue weighted by Crippen LogP contribution is 2.18. The Morgan fingerprint density at radius 1 is 1.17 bits per heavy atom. The van der Waals surface area contributed by atoms with E-state index in [1.54, 1.807) is 6.33 Å². The zero-order valence-electron chi connectivity index (χ0n) is 10.2. The summed E-state index contributed by atoms with van der Waals surface area (Å²) >= 11 is 2.29. The number of halogens is 1. The molecule has 0 fully saturated rings. The summed E-state index contributed by atoms with van der Waals surface area (Å²) in [4.78, 5) is 8.38. The molecule has 1 aromatic carbocycles. The zero-order chi connectivity index (χ0) is 12.8. The number of anilines is 3. The van der Waals surface area contributed by atoms with E-state index in [9.17, 15) is 0 Å². The van der Waals surface area contributed by atoms with E-state index < -0.39 is 0 Å². The van der Waals surface area contributed by atoms with Crippen molar-refractivity contribution in [2.45, 2.75) is 13.3 Å². The molecule has 0 spiro atoms. The van der Waals surface area contributed by atoms with E-state index in [1.807, 2.05) is 18.2 Å². The van der Waals surface area contributed by atoms with E-state index in [2.05, 4.69) is 62.2 Å². The van der Waals surface area contributed by atoms with E-state index in [0.29, 0.717) is 0 Å². The Morgan fingerprint density at radius 2 is 2.00 bits per heavy atom. The van der Waals surface area contributed by atoms with Gasteiger partial charge in [-0.05, 0) is 47.2 Å². The Balaban J connectivity index is 2.09. The summed E-state index contributed by atoms with van der Waals surface area (Å²) in [5, 5.41) is 6.50. The lowest BCUT2D eigenvalue weighted by Crippen LogP contribution is -2.03. The van der Waals surface area contributed by atoms with Crippen LogP contribution in [0.3, 0.4) is 0 Å². The van der Waals surface area contributed by atoms with Crippen molar-refractivity contribution in [3.8, 4) is 0 Å². The van der Waals surface area contributed by atoms with Crippen LogP contribution in [0.15, 0.2) is 36.7 Å². The maximum absolute atomic E-state index is 4.21. The van der Waals surface area contributed by atoms with E-state index >= 15 is 0 Å². The first-order valence-corrected chi connectivity index (χ1v) is 6.94. The predicted molar refractivity (Wildman–Crippen MR) is 83.3 cm³/mol. The molecule has 4 nitrogen and oxygen atoms in total. The van der Waals surface area contributed by atoms with Crippen molar-refractivity contribution in [1.82, 2.24) is 9.97 Å². The van der Waals surface area contributed by atoms with Gasteiger partial charge in [0.25, 0.3) is 0 Å². The van der Waals surface area contributed by atoms with Gasteiger partial charge in [0.05, 0.1) is 0 Å². The highest BCUT2D eigenvalue weighted by Gasteiger charge is 1.99. The normalized spacial score (nSPS) is 10.1. The fourth-order valence-corrected chi connectivity index (χ4v) is 2.03. The molecule has 0 unspecified atom stereocenters. The number of nitrogens with one attached hydrogen (secondary N) is 2. The Kier molecular flexibility index (Phi) is 4.74. The van der Waals surface area contributed by atoms with Crippen molar-refractivity contribution in [2.75, 3.05) is 17.2 Å². The molecule has 5 heteroatoms. The summed E-state index contributed by atoms with van der Waals surface area (Å²) in [6, 6.07) is 10.1. The molecule has 2 rings (SSSR count). The maximum Gasteiger partial charge on any atom is 0.135 e. The molecular formula is C13H15IN4. The number of benzene rings is 1. The van der Waals surface area contributed by atoms with Crippen molar-refractivity contribution in [2.24, 2.45) is 0 Å². The summed E-state index contributed by atoms with van der Waals surface area (Å²) in [5.41, 5.74) is 1.03. The monoisotopic (exact) mass is 354 g/mol. The van der Waals surface area contributed by atoms with Crippen molar-refractivity contribution in [3.05, 3.63) is 40.2 Å². The zero-order valence-corrected chi connectivity index (χ0v) is 12.3. The van der Waals surface area contributed by atoms with Gasteiger partial charge < -0.3 is 10.6 Å². The first-order valence-electron chi connectivity index (χ1n) is 5.86. The maximum atomic E-state index is 4.21. The molecule has 94 valence electrons. The van der Waals surface area contributed by atoms with Gasteiger partial charge in [-0.2, -0.15) is 0 Å². The van der Waals surface area contributed by atoms with Crippen LogP contribution in [0.2, 0.25) is 0 Å². The molecule has 0 atom stereocenters. The van der Waals surface area contributed by atoms with Gasteiger partial charge in [-0.3, -0.25) is 0 Å². The van der Waals surface area contributed by atoms with E-state index in [-0.39, 0.29) is 0 Å². The summed E-state index contributed by atoms with van der Waals surface area (Å²) in [6.07, 6.45) is 2.64. The fourth-order valence-electron chi connectivity index (χ4n) is 1.49. The van der Waals surface area contributed by atoms with Crippen molar-refractivity contribution < 1.29 is 0 Å². The summed E-state index contributed by atoms with van der Waals surface area (Å²) < 4.78 is 1.19. The van der Waals surface area contributed by atoms with Crippen LogP contribution in [0.4, 0.5) is 17.3 Å². The van der Waals surface area contributed by atoms with E-state index in [4.69, 9.17) is 0 Å². The number of hydrogen-bond acceptors (Lipinski definition) is 4. The largest absolute Gasteiger partial charge is 0.370 e. The second-order valence-corrected chi connectivity index (χ2v) is 5.10. The molecule has 1 aromatic heterocycles. The first kappa shape index (κ1) is 13.1. The fraction of sp³-hybridized carbons (Fsp3) is 0.231. The summed E-state index contributed by atoms with van der Waals surface area (Å²) in [6.45, 7) is 3.04. The molecule has 0 radical (unpaired) electrons. The average Bonchev–Trinajstić information content (AvgIpc) is 2.37. The highest BCUT2D eigenvalue weighted by atomic mass is 127. The molecule has 0 bridgehead atoms. The number of aromatic nitrogens is 2. The van der Waals surface area contributed by atoms with Gasteiger partial charge in [0.1, 0.15) is 18.0 Å². The molecule has 0 saturated carbocycles. The van der Waals surface area contributed by atoms with Crippen LogP contribution < -0.4 is 10.6 Å². The average molecular weight is 354 g/mol. The molecule has 0 aliphatic rings. The third-order valence-electron chi connectivity index (χ3n) is 2.32. The topological polar surface area (TPSA) is 49.8 Å². The smallest absolute Gasteiger partial charge is 0.135 e. The minimum Gasteiger partial charge on any atom is -0.370 e. The second-order valence-electron chi connectivity index (χ2n) is 3.85. The summed E-state index contributed by atoms with van der Waals surface area (Å²) in [7, 11) is 0. The van der Waals surface area contributed by atoms with Gasteiger partial charge in [0.15, 0.2) is 0 Å². The number of hydrogen-bond donors (Lipinski definition) is 2. The Labute approximate surface area is 120 Å². The molecule has 0 saturated heterocycles. The van der Waals surface area contributed by atoms with Crippen LogP contribution in [0.5, 0.6) is 0 Å². The Bertz CT molecular complexity index is 516. The molecule has 0 amide bonds. The van der Waals surface area contributed by atoms with E-state index in [1.165, 1.54) is 3.57 Å². The standard InChI is InChI=1S/C13H15IN4/c1-2-6-15-12-8-13(17-9-16-12)18-11-5-3-4-10(14)7-11/h3-5,7-9H,2,6H2,1H3,(H2,15,16,17,18). The molecule has 2 N–H and O–H groups in total. The summed E-state index contributed by atoms with van der Waals surface area (Å²) in [5.74, 6) is 1.64. The first-order chi connectivity index (χ1) is 8.78. The van der Waals surface area contributed by atoms with Gasteiger partial charge in [-0.1, -0.05) is 13.0 Å². The van der Waals surface area contributed by atoms with Crippen LogP contribution >= 0.6 is 22.6 Å². The molecule has 1 heterocycles. The van der Waals surface area contributed by atoms with E-state index in [0.717, 1.165) is 30.3 Å². The Hall–Kier alpha value is -1.37. The molecule has 0 aliphatic carbocycles. The third-order valence-corrected chi connectivity index (χ3v) is 2.99. The molecule has 18 heavy (non-hydrogen) atoms. The second kappa shape index (κ2) is 6.53. The Morgan fingerprint density at radius 3 is 2.78 bits per heavy atom. The molecule has 0 aliphatic heterocycles. The minimum atomic E-state index is 0.797. The van der Waals surface area contributed by atoms with Crippen molar-refractivity contribution in [3.63, 3.8) is 0 Å². The van der Waals surface area contributed by atoms with Gasteiger partial charge in [-0.15, -0.1) is 0 Å². The molecular weight excluding hydrogens is 339 g/mol. The van der Waals surface area contributed by atoms with Gasteiger partial charge in [0, 0.05) is 21.9 Å². The minimum absolute atomic E-state index is 0.797.